The fourth-order valence-electron chi connectivity index (χ4n) is 4.65. The van der Waals surface area contributed by atoms with E-state index in [-0.39, 0.29) is 42.3 Å². The first kappa shape index (κ1) is 19.1. The zero-order chi connectivity index (χ0) is 18.8. The highest BCUT2D eigenvalue weighted by atomic mass is 19.1. The van der Waals surface area contributed by atoms with Crippen molar-refractivity contribution >= 4 is 11.9 Å². The number of rotatable bonds is 6. The number of fused-ring (bicyclic) bond motifs is 3. The minimum Gasteiger partial charge on any atom is -0.465 e. The largest absolute Gasteiger partial charge is 0.465 e. The average molecular weight is 365 g/mol. The quantitative estimate of drug-likeness (QED) is 0.729. The summed E-state index contributed by atoms with van der Waals surface area (Å²) in [6.07, 6.45) is 4.71. The monoisotopic (exact) mass is 365 g/mol. The predicted molar refractivity (Wildman–Crippen MR) is 92.7 cm³/mol. The number of amides is 1. The minimum atomic E-state index is -1.11. The molecule has 0 unspecified atom stereocenters. The average Bonchev–Trinajstić information content (AvgIpc) is 3.06. The van der Waals surface area contributed by atoms with Crippen LogP contribution in [0.4, 0.5) is 4.39 Å². The molecule has 2 atom stereocenters. The highest BCUT2D eigenvalue weighted by Crippen LogP contribution is 2.52. The smallest absolute Gasteiger partial charge is 0.312 e. The number of likely N-dealkylation sites (tertiary alicyclic amines) is 1. The van der Waals surface area contributed by atoms with Crippen LogP contribution in [0.5, 0.6) is 0 Å². The summed E-state index contributed by atoms with van der Waals surface area (Å²) >= 11 is 0. The number of hydrogen-bond donors (Lipinski definition) is 1. The van der Waals surface area contributed by atoms with Crippen molar-refractivity contribution < 1.29 is 18.7 Å². The molecular weight excluding hydrogens is 337 g/mol. The van der Waals surface area contributed by atoms with Gasteiger partial charge in [-0.3, -0.25) is 9.59 Å². The van der Waals surface area contributed by atoms with Gasteiger partial charge in [0, 0.05) is 12.0 Å². The Morgan fingerprint density at radius 2 is 1.92 bits per heavy atom. The first-order valence-corrected chi connectivity index (χ1v) is 9.69. The second-order valence-electron chi connectivity index (χ2n) is 8.07. The van der Waals surface area contributed by atoms with E-state index in [1.54, 1.807) is 0 Å². The minimum absolute atomic E-state index is 0.0120. The van der Waals surface area contributed by atoms with E-state index in [0.717, 1.165) is 44.9 Å². The molecule has 4 rings (SSSR count). The van der Waals surface area contributed by atoms with Crippen LogP contribution in [0.15, 0.2) is 0 Å². The number of carbonyl (C=O) groups is 2. The molecule has 26 heavy (non-hydrogen) atoms. The molecule has 6 nitrogen and oxygen atoms in total. The zero-order valence-corrected chi connectivity index (χ0v) is 15.4. The molecule has 1 amide bonds. The Bertz CT molecular complexity index is 579. The maximum absolute atomic E-state index is 13.5. The molecule has 3 aliphatic carbocycles. The van der Waals surface area contributed by atoms with E-state index in [2.05, 4.69) is 5.32 Å². The van der Waals surface area contributed by atoms with Gasteiger partial charge in [-0.05, 0) is 44.9 Å². The van der Waals surface area contributed by atoms with Crippen LogP contribution in [0.25, 0.3) is 0 Å². The molecule has 2 bridgehead atoms. The molecule has 0 aromatic carbocycles. The molecule has 1 N–H and O–H groups in total. The molecule has 0 radical (unpaired) electrons. The molecule has 0 aromatic rings. The second kappa shape index (κ2) is 7.51. The van der Waals surface area contributed by atoms with Gasteiger partial charge in [0.1, 0.15) is 12.2 Å². The van der Waals surface area contributed by atoms with Crippen LogP contribution in [0.3, 0.4) is 0 Å². The van der Waals surface area contributed by atoms with Crippen LogP contribution in [0.2, 0.25) is 0 Å². The van der Waals surface area contributed by atoms with Crippen LogP contribution in [0, 0.1) is 16.7 Å². The van der Waals surface area contributed by atoms with Gasteiger partial charge in [0.25, 0.3) is 0 Å². The maximum Gasteiger partial charge on any atom is 0.312 e. The summed E-state index contributed by atoms with van der Waals surface area (Å²) in [5, 5.41) is 12.5. The first-order valence-electron chi connectivity index (χ1n) is 9.69. The Labute approximate surface area is 154 Å². The lowest BCUT2D eigenvalue weighted by molar-refractivity contribution is -0.164. The third kappa shape index (κ3) is 3.57. The van der Waals surface area contributed by atoms with Gasteiger partial charge in [-0.1, -0.05) is 6.92 Å². The molecule has 3 saturated carbocycles. The van der Waals surface area contributed by atoms with Gasteiger partial charge in [-0.15, -0.1) is 0 Å². The van der Waals surface area contributed by atoms with Crippen LogP contribution in [-0.2, 0) is 14.3 Å². The molecule has 144 valence electrons. The topological polar surface area (TPSA) is 82.4 Å². The lowest BCUT2D eigenvalue weighted by Gasteiger charge is -2.52. The van der Waals surface area contributed by atoms with Gasteiger partial charge in [-0.2, -0.15) is 5.26 Å². The molecule has 0 spiro atoms. The van der Waals surface area contributed by atoms with Crippen LogP contribution < -0.4 is 5.32 Å². The number of halogens is 1. The summed E-state index contributed by atoms with van der Waals surface area (Å²) in [5.74, 6) is -0.275. The van der Waals surface area contributed by atoms with Crippen LogP contribution in [-0.4, -0.2) is 54.2 Å². The number of ether oxygens (including phenoxy) is 1. The molecule has 4 fully saturated rings. The van der Waals surface area contributed by atoms with E-state index in [9.17, 15) is 14.0 Å². The Morgan fingerprint density at radius 3 is 2.50 bits per heavy atom. The molecule has 0 aromatic heterocycles. The molecule has 1 heterocycles. The van der Waals surface area contributed by atoms with E-state index in [1.807, 2.05) is 13.0 Å². The number of nitriles is 1. The lowest BCUT2D eigenvalue weighted by atomic mass is 9.57. The zero-order valence-electron chi connectivity index (χ0n) is 15.4. The summed E-state index contributed by atoms with van der Waals surface area (Å²) in [6, 6.07) is 1.36. The first-order chi connectivity index (χ1) is 12.4. The van der Waals surface area contributed by atoms with E-state index < -0.39 is 12.2 Å². The second-order valence-corrected chi connectivity index (χ2v) is 8.07. The van der Waals surface area contributed by atoms with Crippen molar-refractivity contribution in [2.24, 2.45) is 5.41 Å². The van der Waals surface area contributed by atoms with Crippen molar-refractivity contribution in [1.82, 2.24) is 10.2 Å². The number of nitrogens with one attached hydrogen (secondary N) is 1. The summed E-state index contributed by atoms with van der Waals surface area (Å²) in [6.45, 7) is 2.60. The van der Waals surface area contributed by atoms with E-state index >= 15 is 0 Å². The lowest BCUT2D eigenvalue weighted by Crippen LogP contribution is -2.58. The van der Waals surface area contributed by atoms with Crippen molar-refractivity contribution in [3.63, 3.8) is 0 Å². The fourth-order valence-corrected chi connectivity index (χ4v) is 4.65. The molecule has 7 heteroatoms. The summed E-state index contributed by atoms with van der Waals surface area (Å²) in [5.41, 5.74) is -0.468. The Morgan fingerprint density at radius 1 is 1.27 bits per heavy atom. The van der Waals surface area contributed by atoms with Crippen LogP contribution >= 0.6 is 0 Å². The molecular formula is C19H28FN3O3. The molecule has 4 aliphatic rings. The van der Waals surface area contributed by atoms with Gasteiger partial charge in [0.05, 0.1) is 31.2 Å². The van der Waals surface area contributed by atoms with Crippen molar-refractivity contribution in [3.8, 4) is 6.07 Å². The highest BCUT2D eigenvalue weighted by molar-refractivity contribution is 5.80. The van der Waals surface area contributed by atoms with Gasteiger partial charge in [-0.25, -0.2) is 4.39 Å². The van der Waals surface area contributed by atoms with Crippen molar-refractivity contribution in [1.29, 1.82) is 5.26 Å². The van der Waals surface area contributed by atoms with Gasteiger partial charge < -0.3 is 15.0 Å². The normalized spacial score (nSPS) is 36.0. The van der Waals surface area contributed by atoms with E-state index in [0.29, 0.717) is 6.61 Å². The van der Waals surface area contributed by atoms with Crippen molar-refractivity contribution in [2.45, 2.75) is 76.0 Å². The number of carbonyl (C=O) groups excluding carboxylic acids is 2. The highest BCUT2D eigenvalue weighted by Gasteiger charge is 2.53. The van der Waals surface area contributed by atoms with E-state index in [1.165, 1.54) is 4.90 Å². The Balaban J connectivity index is 1.53. The molecule has 1 aliphatic heterocycles. The maximum atomic E-state index is 13.5. The SMILES string of the molecule is CCCOC(=O)C12CCC(NCC(=O)N3C[C@@H](F)C[C@H]3C#N)(CC1)CC2. The number of hydrogen-bond acceptors (Lipinski definition) is 5. The number of alkyl halides is 1. The van der Waals surface area contributed by atoms with Gasteiger partial charge in [0.15, 0.2) is 0 Å². The predicted octanol–water partition coefficient (Wildman–Crippen LogP) is 2.08. The van der Waals surface area contributed by atoms with Gasteiger partial charge >= 0.3 is 5.97 Å². The Hall–Kier alpha value is -1.68. The Kier molecular flexibility index (Phi) is 5.52. The number of nitrogens with zero attached hydrogens (tertiary/aromatic N) is 2. The third-order valence-electron chi connectivity index (χ3n) is 6.45. The summed E-state index contributed by atoms with van der Waals surface area (Å²) in [7, 11) is 0. The van der Waals surface area contributed by atoms with Crippen molar-refractivity contribution in [2.75, 3.05) is 19.7 Å². The summed E-state index contributed by atoms with van der Waals surface area (Å²) in [4.78, 5) is 26.2. The van der Waals surface area contributed by atoms with Crippen LogP contribution in [0.1, 0.15) is 58.3 Å². The third-order valence-corrected chi connectivity index (χ3v) is 6.45. The summed E-state index contributed by atoms with van der Waals surface area (Å²) < 4.78 is 18.9. The molecule has 1 saturated heterocycles. The van der Waals surface area contributed by atoms with E-state index in [4.69, 9.17) is 10.00 Å². The fraction of sp³-hybridized carbons (Fsp3) is 0.842. The van der Waals surface area contributed by atoms with Crippen molar-refractivity contribution in [3.05, 3.63) is 0 Å². The standard InChI is InChI=1S/C19H28FN3O3/c1-2-9-26-17(25)18-3-6-19(7-4-18,8-5-18)22-12-16(24)23-13-14(20)10-15(23)11-21/h14-15,22H,2-10,12-13H2,1H3/t14-,15-,18?,19?/m0/s1. The number of esters is 1. The van der Waals surface area contributed by atoms with Gasteiger partial charge in [0.2, 0.25) is 5.91 Å².